The van der Waals surface area contributed by atoms with Crippen molar-refractivity contribution in [2.24, 2.45) is 10.8 Å². The number of hydrazone groups is 1. The number of rotatable bonds is 4. The van der Waals surface area contributed by atoms with Crippen LogP contribution in [0.3, 0.4) is 0 Å². The van der Waals surface area contributed by atoms with E-state index in [1.54, 1.807) is 12.1 Å². The van der Waals surface area contributed by atoms with Gasteiger partial charge in [-0.25, -0.2) is 4.39 Å². The molecule has 0 saturated heterocycles. The highest BCUT2D eigenvalue weighted by molar-refractivity contribution is 9.08. The predicted molar refractivity (Wildman–Crippen MR) is 67.6 cm³/mol. The maximum atomic E-state index is 13.5. The first-order valence-electron chi connectivity index (χ1n) is 4.51. The Kier molecular flexibility index (Phi) is 4.60. The average Bonchev–Trinajstić information content (AvgIpc) is 2.31. The topological polar surface area (TPSA) is 98.0 Å². The third-order valence-electron chi connectivity index (χ3n) is 1.84. The molecule has 1 rings (SSSR count). The minimum absolute atomic E-state index is 0.115. The second-order valence-electron chi connectivity index (χ2n) is 3.05. The molecule has 0 atom stereocenters. The molecule has 5 nitrogen and oxygen atoms in total. The maximum absolute atomic E-state index is 13.5. The molecule has 88 valence electrons. The molecule has 17 heavy (non-hydrogen) atoms. The lowest BCUT2D eigenvalue weighted by Gasteiger charge is -2.04. The number of halogens is 2. The Hall–Kier alpha value is -1.94. The van der Waals surface area contributed by atoms with E-state index < -0.39 is 11.7 Å². The van der Waals surface area contributed by atoms with E-state index >= 15 is 0 Å². The Balaban J connectivity index is 2.90. The number of hydrogen-bond acceptors (Lipinski definition) is 4. The van der Waals surface area contributed by atoms with E-state index in [9.17, 15) is 4.39 Å². The Morgan fingerprint density at radius 2 is 2.35 bits per heavy atom. The molecule has 0 aromatic heterocycles. The summed E-state index contributed by atoms with van der Waals surface area (Å²) in [5, 5.41) is 19.7. The lowest BCUT2D eigenvalue weighted by Crippen LogP contribution is -2.22. The van der Waals surface area contributed by atoms with Gasteiger partial charge in [0.05, 0.1) is 5.69 Å². The summed E-state index contributed by atoms with van der Waals surface area (Å²) >= 11 is 3.21. The van der Waals surface area contributed by atoms with Gasteiger partial charge in [0.1, 0.15) is 11.9 Å². The van der Waals surface area contributed by atoms with Gasteiger partial charge < -0.3 is 5.73 Å². The third kappa shape index (κ3) is 3.53. The number of hydrogen-bond donors (Lipinski definition) is 3. The van der Waals surface area contributed by atoms with Crippen LogP contribution in [0.5, 0.6) is 0 Å². The van der Waals surface area contributed by atoms with E-state index in [4.69, 9.17) is 16.4 Å². The first-order chi connectivity index (χ1) is 8.08. The number of nitrogens with zero attached hydrogens (tertiary/aromatic N) is 2. The van der Waals surface area contributed by atoms with Crippen molar-refractivity contribution in [1.29, 1.82) is 10.7 Å². The summed E-state index contributed by atoms with van der Waals surface area (Å²) in [5.41, 5.74) is 8.03. The molecule has 7 heteroatoms. The van der Waals surface area contributed by atoms with E-state index in [0.717, 1.165) is 5.56 Å². The fourth-order valence-corrected chi connectivity index (χ4v) is 1.34. The normalized spacial score (nSPS) is 10.8. The summed E-state index contributed by atoms with van der Waals surface area (Å²) in [6, 6.07) is 6.16. The molecule has 0 fully saturated rings. The van der Waals surface area contributed by atoms with Gasteiger partial charge in [0.25, 0.3) is 0 Å². The molecule has 0 unspecified atom stereocenters. The molecule has 0 bridgehead atoms. The van der Waals surface area contributed by atoms with Crippen molar-refractivity contribution in [3.8, 4) is 6.07 Å². The van der Waals surface area contributed by atoms with Gasteiger partial charge in [-0.15, -0.1) is 0 Å². The summed E-state index contributed by atoms with van der Waals surface area (Å²) in [5.74, 6) is -0.968. The minimum atomic E-state index is -0.494. The smallest absolute Gasteiger partial charge is 0.201 e. The SMILES string of the molecule is N#C/C(=N\Nc1ccc(CBr)cc1F)C(=N)N. The van der Waals surface area contributed by atoms with Gasteiger partial charge in [-0.3, -0.25) is 10.8 Å². The van der Waals surface area contributed by atoms with E-state index in [0.29, 0.717) is 5.33 Å². The lowest BCUT2D eigenvalue weighted by molar-refractivity contribution is 0.629. The number of alkyl halides is 1. The second-order valence-corrected chi connectivity index (χ2v) is 3.61. The predicted octanol–water partition coefficient (Wildman–Crippen LogP) is 1.95. The van der Waals surface area contributed by atoms with Gasteiger partial charge in [0.2, 0.25) is 5.71 Å². The van der Waals surface area contributed by atoms with E-state index in [1.165, 1.54) is 12.1 Å². The molecule has 1 aromatic carbocycles. The fraction of sp³-hybridized carbons (Fsp3) is 0.100. The van der Waals surface area contributed by atoms with Crippen LogP contribution in [0.15, 0.2) is 23.3 Å². The van der Waals surface area contributed by atoms with Crippen molar-refractivity contribution in [3.63, 3.8) is 0 Å². The quantitative estimate of drug-likeness (QED) is 0.343. The monoisotopic (exact) mass is 297 g/mol. The van der Waals surface area contributed by atoms with Gasteiger partial charge >= 0.3 is 0 Å². The van der Waals surface area contributed by atoms with Crippen LogP contribution in [0, 0.1) is 22.6 Å². The van der Waals surface area contributed by atoms with Crippen molar-refractivity contribution in [2.45, 2.75) is 5.33 Å². The van der Waals surface area contributed by atoms with Crippen LogP contribution in [-0.2, 0) is 5.33 Å². The molecule has 0 amide bonds. The van der Waals surface area contributed by atoms with Crippen LogP contribution in [0.2, 0.25) is 0 Å². The number of anilines is 1. The summed E-state index contributed by atoms with van der Waals surface area (Å²) in [7, 11) is 0. The lowest BCUT2D eigenvalue weighted by atomic mass is 10.2. The maximum Gasteiger partial charge on any atom is 0.201 e. The van der Waals surface area contributed by atoms with E-state index in [-0.39, 0.29) is 11.4 Å². The van der Waals surface area contributed by atoms with Crippen LogP contribution >= 0.6 is 15.9 Å². The van der Waals surface area contributed by atoms with Crippen molar-refractivity contribution >= 4 is 33.2 Å². The van der Waals surface area contributed by atoms with Gasteiger partial charge in [-0.1, -0.05) is 22.0 Å². The molecule has 0 aliphatic heterocycles. The summed E-state index contributed by atoms with van der Waals surface area (Å²) < 4.78 is 13.5. The largest absolute Gasteiger partial charge is 0.382 e. The Bertz CT molecular complexity index is 506. The van der Waals surface area contributed by atoms with Crippen molar-refractivity contribution in [2.75, 3.05) is 5.43 Å². The fourth-order valence-electron chi connectivity index (χ4n) is 0.994. The molecule has 0 heterocycles. The zero-order chi connectivity index (χ0) is 12.8. The summed E-state index contributed by atoms with van der Waals surface area (Å²) in [4.78, 5) is 0. The van der Waals surface area contributed by atoms with Gasteiger partial charge in [0, 0.05) is 5.33 Å². The number of nitrogens with two attached hydrogens (primary N) is 1. The van der Waals surface area contributed by atoms with E-state index in [2.05, 4.69) is 26.5 Å². The second kappa shape index (κ2) is 5.96. The van der Waals surface area contributed by atoms with Crippen LogP contribution < -0.4 is 11.2 Å². The molecule has 0 aliphatic rings. The van der Waals surface area contributed by atoms with Crippen LogP contribution in [0.4, 0.5) is 10.1 Å². The third-order valence-corrected chi connectivity index (χ3v) is 2.48. The van der Waals surface area contributed by atoms with Gasteiger partial charge in [-0.2, -0.15) is 10.4 Å². The van der Waals surface area contributed by atoms with Crippen molar-refractivity contribution in [3.05, 3.63) is 29.6 Å². The molecule has 0 aliphatic carbocycles. The molecule has 0 spiro atoms. The van der Waals surface area contributed by atoms with Crippen LogP contribution in [0.1, 0.15) is 5.56 Å². The summed E-state index contributed by atoms with van der Waals surface area (Å²) in [6.07, 6.45) is 0. The first kappa shape index (κ1) is 13.1. The number of nitriles is 1. The minimum Gasteiger partial charge on any atom is -0.382 e. The number of nitrogens with one attached hydrogen (secondary N) is 2. The van der Waals surface area contributed by atoms with Crippen LogP contribution in [-0.4, -0.2) is 11.5 Å². The Morgan fingerprint density at radius 1 is 1.65 bits per heavy atom. The number of amidine groups is 1. The molecular weight excluding hydrogens is 289 g/mol. The first-order valence-corrected chi connectivity index (χ1v) is 5.63. The van der Waals surface area contributed by atoms with Gasteiger partial charge in [-0.05, 0) is 17.7 Å². The van der Waals surface area contributed by atoms with Crippen LogP contribution in [0.25, 0.3) is 0 Å². The number of benzene rings is 1. The van der Waals surface area contributed by atoms with Gasteiger partial charge in [0.15, 0.2) is 5.84 Å². The molecular formula is C10H9BrFN5. The molecule has 0 saturated carbocycles. The standard InChI is InChI=1S/C10H9BrFN5/c11-4-6-1-2-8(7(12)3-6)16-17-9(5-13)10(14)15/h1-3,16H,4H2,(H3,14,15)/b17-9+. The Labute approximate surface area is 106 Å². The highest BCUT2D eigenvalue weighted by Crippen LogP contribution is 2.17. The molecule has 4 N–H and O–H groups in total. The van der Waals surface area contributed by atoms with E-state index in [1.807, 2.05) is 0 Å². The van der Waals surface area contributed by atoms with Crippen molar-refractivity contribution < 1.29 is 4.39 Å². The molecule has 0 radical (unpaired) electrons. The average molecular weight is 298 g/mol. The van der Waals surface area contributed by atoms with Crippen molar-refractivity contribution in [1.82, 2.24) is 0 Å². The Morgan fingerprint density at radius 3 is 2.82 bits per heavy atom. The summed E-state index contributed by atoms with van der Waals surface area (Å²) in [6.45, 7) is 0. The zero-order valence-electron chi connectivity index (χ0n) is 8.67. The zero-order valence-corrected chi connectivity index (χ0v) is 10.3. The molecule has 1 aromatic rings. The highest BCUT2D eigenvalue weighted by Gasteiger charge is 2.04. The highest BCUT2D eigenvalue weighted by atomic mass is 79.9.